The number of nitrogens with zero attached hydrogens (tertiary/aromatic N) is 4. The van der Waals surface area contributed by atoms with E-state index in [2.05, 4.69) is 25.4 Å². The minimum Gasteiger partial charge on any atom is -0.344 e. The van der Waals surface area contributed by atoms with Gasteiger partial charge in [0.2, 0.25) is 5.82 Å². The van der Waals surface area contributed by atoms with Crippen molar-refractivity contribution in [3.63, 3.8) is 0 Å². The van der Waals surface area contributed by atoms with Crippen molar-refractivity contribution in [2.45, 2.75) is 6.54 Å². The minimum atomic E-state index is -0.422. The second-order valence-electron chi connectivity index (χ2n) is 4.20. The summed E-state index contributed by atoms with van der Waals surface area (Å²) >= 11 is 0. The second-order valence-corrected chi connectivity index (χ2v) is 4.20. The van der Waals surface area contributed by atoms with Gasteiger partial charge in [0.15, 0.2) is 0 Å². The van der Waals surface area contributed by atoms with E-state index in [4.69, 9.17) is 4.52 Å². The fourth-order valence-corrected chi connectivity index (χ4v) is 1.69. The van der Waals surface area contributed by atoms with E-state index in [1.54, 1.807) is 36.9 Å². The van der Waals surface area contributed by atoms with Gasteiger partial charge in [0, 0.05) is 36.9 Å². The molecule has 0 aliphatic heterocycles. The van der Waals surface area contributed by atoms with E-state index < -0.39 is 5.91 Å². The predicted octanol–water partition coefficient (Wildman–Crippen LogP) is 1.46. The van der Waals surface area contributed by atoms with Crippen molar-refractivity contribution >= 4 is 5.91 Å². The van der Waals surface area contributed by atoms with E-state index >= 15 is 0 Å². The molecule has 0 atom stereocenters. The van der Waals surface area contributed by atoms with Gasteiger partial charge in [-0.2, -0.15) is 4.98 Å². The van der Waals surface area contributed by atoms with Crippen molar-refractivity contribution in [3.8, 4) is 11.4 Å². The molecule has 104 valence electrons. The number of hydrogen-bond donors (Lipinski definition) is 1. The van der Waals surface area contributed by atoms with Gasteiger partial charge in [0.05, 0.1) is 0 Å². The fraction of sp³-hybridized carbons (Fsp3) is 0.0714. The van der Waals surface area contributed by atoms with Crippen LogP contribution >= 0.6 is 0 Å². The van der Waals surface area contributed by atoms with Crippen molar-refractivity contribution in [2.24, 2.45) is 0 Å². The molecular formula is C14H11N5O2. The van der Waals surface area contributed by atoms with Crippen LogP contribution in [0, 0.1) is 0 Å². The van der Waals surface area contributed by atoms with Crippen LogP contribution in [0.4, 0.5) is 0 Å². The van der Waals surface area contributed by atoms with Crippen LogP contribution in [0.15, 0.2) is 53.6 Å². The van der Waals surface area contributed by atoms with E-state index in [1.165, 1.54) is 0 Å². The zero-order valence-electron chi connectivity index (χ0n) is 10.9. The van der Waals surface area contributed by atoms with Crippen molar-refractivity contribution in [1.82, 2.24) is 25.4 Å². The van der Waals surface area contributed by atoms with Gasteiger partial charge in [-0.05, 0) is 29.8 Å². The maximum absolute atomic E-state index is 11.9. The summed E-state index contributed by atoms with van der Waals surface area (Å²) in [5, 5.41) is 6.47. The molecule has 3 heterocycles. The van der Waals surface area contributed by atoms with Crippen molar-refractivity contribution < 1.29 is 9.32 Å². The second kappa shape index (κ2) is 5.91. The highest BCUT2D eigenvalue weighted by Gasteiger charge is 2.15. The topological polar surface area (TPSA) is 93.8 Å². The lowest BCUT2D eigenvalue weighted by Crippen LogP contribution is -2.23. The Balaban J connectivity index is 1.67. The van der Waals surface area contributed by atoms with Crippen LogP contribution in [0.25, 0.3) is 11.4 Å². The summed E-state index contributed by atoms with van der Waals surface area (Å²) < 4.78 is 4.96. The third kappa shape index (κ3) is 3.08. The molecule has 3 rings (SSSR count). The first kappa shape index (κ1) is 12.9. The average molecular weight is 281 g/mol. The van der Waals surface area contributed by atoms with E-state index in [1.807, 2.05) is 12.1 Å². The van der Waals surface area contributed by atoms with Crippen LogP contribution < -0.4 is 5.32 Å². The smallest absolute Gasteiger partial charge is 0.316 e. The molecule has 0 aliphatic carbocycles. The number of aromatic nitrogens is 4. The molecule has 0 bridgehead atoms. The number of carbonyl (C=O) groups excluding carboxylic acids is 1. The van der Waals surface area contributed by atoms with Gasteiger partial charge in [0.25, 0.3) is 0 Å². The van der Waals surface area contributed by atoms with E-state index in [-0.39, 0.29) is 5.89 Å². The molecule has 0 spiro atoms. The van der Waals surface area contributed by atoms with Crippen molar-refractivity contribution in [2.75, 3.05) is 0 Å². The Morgan fingerprint density at radius 1 is 1.14 bits per heavy atom. The number of carbonyl (C=O) groups is 1. The third-order valence-electron chi connectivity index (χ3n) is 2.74. The molecular weight excluding hydrogens is 270 g/mol. The zero-order valence-corrected chi connectivity index (χ0v) is 10.9. The summed E-state index contributed by atoms with van der Waals surface area (Å²) in [6, 6.07) is 7.18. The molecule has 0 saturated carbocycles. The lowest BCUT2D eigenvalue weighted by molar-refractivity contribution is 0.0907. The molecule has 21 heavy (non-hydrogen) atoms. The molecule has 7 heteroatoms. The number of pyridine rings is 2. The Hall–Kier alpha value is -3.09. The Morgan fingerprint density at radius 2 is 2.00 bits per heavy atom. The van der Waals surface area contributed by atoms with Crippen LogP contribution in [0.3, 0.4) is 0 Å². The minimum absolute atomic E-state index is 0.0806. The Morgan fingerprint density at radius 3 is 2.76 bits per heavy atom. The fourth-order valence-electron chi connectivity index (χ4n) is 1.69. The molecule has 7 nitrogen and oxygen atoms in total. The Labute approximate surface area is 120 Å². The lowest BCUT2D eigenvalue weighted by atomic mass is 10.3. The lowest BCUT2D eigenvalue weighted by Gasteiger charge is -2.01. The SMILES string of the molecule is O=C(NCc1ccncc1)c1nc(-c2cccnc2)no1. The van der Waals surface area contributed by atoms with Gasteiger partial charge in [-0.25, -0.2) is 0 Å². The molecule has 1 amide bonds. The van der Waals surface area contributed by atoms with Gasteiger partial charge in [0.1, 0.15) is 0 Å². The first-order chi connectivity index (χ1) is 10.3. The molecule has 1 N–H and O–H groups in total. The molecule has 3 aromatic rings. The maximum atomic E-state index is 11.9. The molecule has 0 saturated heterocycles. The van der Waals surface area contributed by atoms with Crippen molar-refractivity contribution in [3.05, 3.63) is 60.5 Å². The van der Waals surface area contributed by atoms with Gasteiger partial charge in [-0.3, -0.25) is 14.8 Å². The van der Waals surface area contributed by atoms with Crippen LogP contribution in [0.1, 0.15) is 16.2 Å². The number of rotatable bonds is 4. The van der Waals surface area contributed by atoms with E-state index in [9.17, 15) is 4.79 Å². The van der Waals surface area contributed by atoms with Gasteiger partial charge < -0.3 is 9.84 Å². The quantitative estimate of drug-likeness (QED) is 0.778. The van der Waals surface area contributed by atoms with E-state index in [0.29, 0.717) is 17.9 Å². The average Bonchev–Trinajstić information content (AvgIpc) is 3.04. The predicted molar refractivity (Wildman–Crippen MR) is 72.9 cm³/mol. The third-order valence-corrected chi connectivity index (χ3v) is 2.74. The summed E-state index contributed by atoms with van der Waals surface area (Å²) in [6.45, 7) is 0.367. The Bertz CT molecular complexity index is 727. The number of amides is 1. The Kier molecular flexibility index (Phi) is 3.64. The van der Waals surface area contributed by atoms with Crippen LogP contribution in [-0.2, 0) is 6.54 Å². The van der Waals surface area contributed by atoms with E-state index in [0.717, 1.165) is 5.56 Å². The number of hydrogen-bond acceptors (Lipinski definition) is 6. The first-order valence-electron chi connectivity index (χ1n) is 6.24. The molecule has 0 fully saturated rings. The highest BCUT2D eigenvalue weighted by Crippen LogP contribution is 2.13. The maximum Gasteiger partial charge on any atom is 0.316 e. The van der Waals surface area contributed by atoms with Gasteiger partial charge in [-0.15, -0.1) is 0 Å². The summed E-state index contributed by atoms with van der Waals surface area (Å²) in [4.78, 5) is 23.8. The highest BCUT2D eigenvalue weighted by atomic mass is 16.5. The highest BCUT2D eigenvalue weighted by molar-refractivity contribution is 5.89. The van der Waals surface area contributed by atoms with Gasteiger partial charge >= 0.3 is 11.8 Å². The van der Waals surface area contributed by atoms with Crippen LogP contribution in [0.2, 0.25) is 0 Å². The summed E-state index contributed by atoms with van der Waals surface area (Å²) in [6.07, 6.45) is 6.57. The summed E-state index contributed by atoms with van der Waals surface area (Å²) in [5.41, 5.74) is 1.62. The van der Waals surface area contributed by atoms with Crippen molar-refractivity contribution in [1.29, 1.82) is 0 Å². The monoisotopic (exact) mass is 281 g/mol. The summed E-state index contributed by atoms with van der Waals surface area (Å²) in [5.74, 6) is -0.172. The molecule has 3 aromatic heterocycles. The number of nitrogens with one attached hydrogen (secondary N) is 1. The largest absolute Gasteiger partial charge is 0.344 e. The normalized spacial score (nSPS) is 10.3. The summed E-state index contributed by atoms with van der Waals surface area (Å²) in [7, 11) is 0. The van der Waals surface area contributed by atoms with Crippen LogP contribution in [-0.4, -0.2) is 26.0 Å². The standard InChI is InChI=1S/C14H11N5O2/c20-13(17-8-10-3-6-15-7-4-10)14-18-12(19-21-14)11-2-1-5-16-9-11/h1-7,9H,8H2,(H,17,20). The zero-order chi connectivity index (χ0) is 14.5. The molecule has 0 aliphatic rings. The molecule has 0 aromatic carbocycles. The first-order valence-corrected chi connectivity index (χ1v) is 6.24. The van der Waals surface area contributed by atoms with Crippen LogP contribution in [0.5, 0.6) is 0 Å². The molecule has 0 radical (unpaired) electrons. The molecule has 0 unspecified atom stereocenters. The van der Waals surface area contributed by atoms with Gasteiger partial charge in [-0.1, -0.05) is 5.16 Å².